The van der Waals surface area contributed by atoms with Crippen molar-refractivity contribution < 1.29 is 4.74 Å². The van der Waals surface area contributed by atoms with E-state index in [9.17, 15) is 0 Å². The van der Waals surface area contributed by atoms with E-state index in [1.165, 1.54) is 0 Å². The van der Waals surface area contributed by atoms with Gasteiger partial charge < -0.3 is 4.74 Å². The minimum Gasteiger partial charge on any atom is -0.456 e. The van der Waals surface area contributed by atoms with Gasteiger partial charge in [-0.2, -0.15) is 0 Å². The van der Waals surface area contributed by atoms with E-state index in [1.807, 2.05) is 54.6 Å². The molecule has 3 aromatic rings. The van der Waals surface area contributed by atoms with E-state index in [4.69, 9.17) is 16.5 Å². The van der Waals surface area contributed by atoms with Crippen molar-refractivity contribution >= 4 is 28.4 Å². The van der Waals surface area contributed by atoms with E-state index >= 15 is 0 Å². The van der Waals surface area contributed by atoms with E-state index < -0.39 is 0 Å². The van der Waals surface area contributed by atoms with Gasteiger partial charge in [0.25, 0.3) is 0 Å². The Hall–Kier alpha value is -2.26. The fourth-order valence-corrected chi connectivity index (χ4v) is 1.95. The Labute approximate surface area is 115 Å². The summed E-state index contributed by atoms with van der Waals surface area (Å²) in [5.74, 6) is 1.46. The number of hydrogen-bond donors (Lipinski definition) is 1. The van der Waals surface area contributed by atoms with E-state index in [1.54, 1.807) is 6.20 Å². The summed E-state index contributed by atoms with van der Waals surface area (Å²) in [6.45, 7) is 0. The maximum atomic E-state index is 5.75. The van der Waals surface area contributed by atoms with Crippen LogP contribution in [0.4, 0.5) is 5.69 Å². The molecule has 0 aliphatic rings. The number of aromatic nitrogens is 1. The van der Waals surface area contributed by atoms with Crippen molar-refractivity contribution in [1.82, 2.24) is 4.98 Å². The number of para-hydroxylation sites is 1. The summed E-state index contributed by atoms with van der Waals surface area (Å²) < 4.78 is 5.75. The molecule has 1 N–H and O–H groups in total. The molecule has 0 fully saturated rings. The third kappa shape index (κ3) is 2.61. The molecule has 4 heteroatoms. The fourth-order valence-electron chi connectivity index (χ4n) is 1.83. The van der Waals surface area contributed by atoms with Crippen molar-refractivity contribution in [2.45, 2.75) is 0 Å². The summed E-state index contributed by atoms with van der Waals surface area (Å²) in [5, 5.41) is 1.05. The Balaban J connectivity index is 1.87. The first-order chi connectivity index (χ1) is 9.35. The lowest BCUT2D eigenvalue weighted by molar-refractivity contribution is 0.481. The van der Waals surface area contributed by atoms with Gasteiger partial charge in [-0.3, -0.25) is 9.82 Å². The van der Waals surface area contributed by atoms with Gasteiger partial charge in [-0.1, -0.05) is 18.2 Å². The molecule has 0 aliphatic carbocycles. The average Bonchev–Trinajstić information content (AvgIpc) is 2.48. The Bertz CT molecular complexity index is 698. The lowest BCUT2D eigenvalue weighted by atomic mass is 10.2. The highest BCUT2D eigenvalue weighted by molar-refractivity contribution is 6.23. The molecule has 0 spiro atoms. The number of ether oxygens (including phenoxy) is 1. The van der Waals surface area contributed by atoms with Gasteiger partial charge in [0, 0.05) is 22.9 Å². The first-order valence-electron chi connectivity index (χ1n) is 5.84. The average molecular weight is 271 g/mol. The molecule has 0 radical (unpaired) electrons. The highest BCUT2D eigenvalue weighted by atomic mass is 35.5. The monoisotopic (exact) mass is 270 g/mol. The maximum Gasteiger partial charge on any atom is 0.146 e. The maximum absolute atomic E-state index is 5.75. The van der Waals surface area contributed by atoms with Crippen LogP contribution in [0, 0.1) is 0 Å². The molecule has 0 saturated heterocycles. The number of nitrogens with zero attached hydrogens (tertiary/aromatic N) is 1. The second-order valence-corrected chi connectivity index (χ2v) is 4.27. The molecule has 2 aromatic carbocycles. The SMILES string of the molecule is ClNc1ccc(Oc2cnc3ccccc3c2)cc1. The van der Waals surface area contributed by atoms with Gasteiger partial charge in [-0.25, -0.2) is 0 Å². The number of benzene rings is 2. The van der Waals surface area contributed by atoms with Crippen molar-refractivity contribution in [2.24, 2.45) is 0 Å². The molecule has 3 rings (SSSR count). The van der Waals surface area contributed by atoms with Crippen LogP contribution in [-0.4, -0.2) is 4.98 Å². The van der Waals surface area contributed by atoms with Gasteiger partial charge in [-0.05, 0) is 36.4 Å². The van der Waals surface area contributed by atoms with Crippen LogP contribution in [-0.2, 0) is 0 Å². The van der Waals surface area contributed by atoms with Crippen molar-refractivity contribution in [2.75, 3.05) is 4.84 Å². The van der Waals surface area contributed by atoms with Gasteiger partial charge >= 0.3 is 0 Å². The second kappa shape index (κ2) is 5.16. The van der Waals surface area contributed by atoms with Crippen LogP contribution in [0.2, 0.25) is 0 Å². The first kappa shape index (κ1) is 11.8. The molecule has 0 amide bonds. The summed E-state index contributed by atoms with van der Waals surface area (Å²) in [4.78, 5) is 6.90. The van der Waals surface area contributed by atoms with Crippen LogP contribution >= 0.6 is 11.8 Å². The molecular formula is C15H11ClN2O. The molecule has 0 aliphatic heterocycles. The van der Waals surface area contributed by atoms with Crippen LogP contribution in [0.3, 0.4) is 0 Å². The van der Waals surface area contributed by atoms with Crippen LogP contribution < -0.4 is 9.57 Å². The summed E-state index contributed by atoms with van der Waals surface area (Å²) in [7, 11) is 0. The number of fused-ring (bicyclic) bond motifs is 1. The minimum absolute atomic E-state index is 0.713. The number of nitrogens with one attached hydrogen (secondary N) is 1. The highest BCUT2D eigenvalue weighted by Gasteiger charge is 2.00. The lowest BCUT2D eigenvalue weighted by Gasteiger charge is -2.07. The molecule has 1 heterocycles. The number of hydrogen-bond acceptors (Lipinski definition) is 3. The van der Waals surface area contributed by atoms with Crippen molar-refractivity contribution in [1.29, 1.82) is 0 Å². The van der Waals surface area contributed by atoms with Crippen LogP contribution in [0.25, 0.3) is 10.9 Å². The quantitative estimate of drug-likeness (QED) is 0.707. The number of halogens is 1. The number of anilines is 1. The largest absolute Gasteiger partial charge is 0.456 e. The molecule has 1 aromatic heterocycles. The van der Waals surface area contributed by atoms with E-state index in [2.05, 4.69) is 9.82 Å². The smallest absolute Gasteiger partial charge is 0.146 e. The molecule has 94 valence electrons. The predicted molar refractivity (Wildman–Crippen MR) is 77.7 cm³/mol. The van der Waals surface area contributed by atoms with E-state index in [0.29, 0.717) is 5.75 Å². The van der Waals surface area contributed by atoms with Crippen LogP contribution in [0.5, 0.6) is 11.5 Å². The lowest BCUT2D eigenvalue weighted by Crippen LogP contribution is -1.87. The number of pyridine rings is 1. The zero-order valence-electron chi connectivity index (χ0n) is 10.0. The Morgan fingerprint density at radius 3 is 2.53 bits per heavy atom. The molecule has 0 bridgehead atoms. The van der Waals surface area contributed by atoms with E-state index in [-0.39, 0.29) is 0 Å². The molecule has 3 nitrogen and oxygen atoms in total. The van der Waals surface area contributed by atoms with Gasteiger partial charge in [0.05, 0.1) is 11.7 Å². The summed E-state index contributed by atoms with van der Waals surface area (Å²) in [5.41, 5.74) is 1.78. The van der Waals surface area contributed by atoms with Crippen molar-refractivity contribution in [3.8, 4) is 11.5 Å². The first-order valence-corrected chi connectivity index (χ1v) is 6.22. The predicted octanol–water partition coefficient (Wildman–Crippen LogP) is 4.59. The Morgan fingerprint density at radius 2 is 1.74 bits per heavy atom. The highest BCUT2D eigenvalue weighted by Crippen LogP contribution is 2.25. The summed E-state index contributed by atoms with van der Waals surface area (Å²) in [6.07, 6.45) is 1.72. The standard InChI is InChI=1S/C15H11ClN2O/c16-18-12-5-7-13(8-6-12)19-14-9-11-3-1-2-4-15(11)17-10-14/h1-10,18H. The topological polar surface area (TPSA) is 34.1 Å². The molecule has 19 heavy (non-hydrogen) atoms. The minimum atomic E-state index is 0.713. The van der Waals surface area contributed by atoms with Crippen LogP contribution in [0.15, 0.2) is 60.8 Å². The zero-order chi connectivity index (χ0) is 13.1. The molecular weight excluding hydrogens is 260 g/mol. The van der Waals surface area contributed by atoms with Crippen molar-refractivity contribution in [3.05, 3.63) is 60.8 Å². The Morgan fingerprint density at radius 1 is 0.947 bits per heavy atom. The third-order valence-electron chi connectivity index (χ3n) is 2.76. The van der Waals surface area contributed by atoms with Crippen molar-refractivity contribution in [3.63, 3.8) is 0 Å². The zero-order valence-corrected chi connectivity index (χ0v) is 10.8. The fraction of sp³-hybridized carbons (Fsp3) is 0. The number of rotatable bonds is 3. The summed E-state index contributed by atoms with van der Waals surface area (Å²) in [6, 6.07) is 17.3. The van der Waals surface area contributed by atoms with Gasteiger partial charge in [0.2, 0.25) is 0 Å². The van der Waals surface area contributed by atoms with Gasteiger partial charge in [-0.15, -0.1) is 0 Å². The van der Waals surface area contributed by atoms with Gasteiger partial charge in [0.1, 0.15) is 11.5 Å². The summed E-state index contributed by atoms with van der Waals surface area (Å²) >= 11 is 5.50. The molecule has 0 atom stereocenters. The molecule has 0 unspecified atom stereocenters. The second-order valence-electron chi connectivity index (χ2n) is 4.08. The van der Waals surface area contributed by atoms with Gasteiger partial charge in [0.15, 0.2) is 0 Å². The molecule has 0 saturated carbocycles. The van der Waals surface area contributed by atoms with E-state index in [0.717, 1.165) is 22.3 Å². The third-order valence-corrected chi connectivity index (χ3v) is 2.98. The Kier molecular flexibility index (Phi) is 3.21. The normalized spacial score (nSPS) is 10.4. The van der Waals surface area contributed by atoms with Crippen LogP contribution in [0.1, 0.15) is 0 Å².